The van der Waals surface area contributed by atoms with Gasteiger partial charge in [-0.2, -0.15) is 8.78 Å². The fourth-order valence-corrected chi connectivity index (χ4v) is 3.81. The maximum absolute atomic E-state index is 15.2. The van der Waals surface area contributed by atoms with Crippen molar-refractivity contribution in [3.63, 3.8) is 0 Å². The minimum absolute atomic E-state index is 0.198. The molecule has 0 bridgehead atoms. The zero-order valence-electron chi connectivity index (χ0n) is 17.5. The van der Waals surface area contributed by atoms with E-state index in [0.717, 1.165) is 42.3 Å². The first-order valence-electron chi connectivity index (χ1n) is 10.5. The summed E-state index contributed by atoms with van der Waals surface area (Å²) in [5.41, 5.74) is 4.11. The number of rotatable bonds is 7. The fraction of sp³-hybridized carbons (Fsp3) is 0.185. The number of aryl methyl sites for hydroxylation is 3. The van der Waals surface area contributed by atoms with Gasteiger partial charge in [-0.3, -0.25) is 0 Å². The number of ether oxygens (including phenoxy) is 1. The van der Waals surface area contributed by atoms with Crippen LogP contribution in [0.1, 0.15) is 23.6 Å². The molecule has 0 saturated heterocycles. The van der Waals surface area contributed by atoms with Gasteiger partial charge in [0.05, 0.1) is 0 Å². The van der Waals surface area contributed by atoms with E-state index in [1.807, 2.05) is 12.1 Å². The summed E-state index contributed by atoms with van der Waals surface area (Å²) in [6, 6.07) is 21.0. The molecule has 0 aliphatic carbocycles. The maximum Gasteiger partial charge on any atom is 0.387 e. The number of halogens is 4. The molecule has 1 nitrogen and oxygen atoms in total. The smallest absolute Gasteiger partial charge is 0.387 e. The van der Waals surface area contributed by atoms with Crippen LogP contribution in [0, 0.1) is 11.6 Å². The third-order valence-corrected chi connectivity index (χ3v) is 5.61. The number of fused-ring (bicyclic) bond motifs is 1. The first kappa shape index (κ1) is 21.9. The first-order chi connectivity index (χ1) is 15.4. The van der Waals surface area contributed by atoms with Crippen molar-refractivity contribution in [2.24, 2.45) is 0 Å². The van der Waals surface area contributed by atoms with E-state index in [-0.39, 0.29) is 11.1 Å². The highest BCUT2D eigenvalue weighted by molar-refractivity contribution is 5.88. The van der Waals surface area contributed by atoms with Crippen molar-refractivity contribution in [1.82, 2.24) is 0 Å². The average molecular weight is 438 g/mol. The first-order valence-corrected chi connectivity index (χ1v) is 10.5. The number of benzene rings is 4. The Morgan fingerprint density at radius 3 is 2.12 bits per heavy atom. The normalized spacial score (nSPS) is 11.3. The van der Waals surface area contributed by atoms with Gasteiger partial charge in [-0.05, 0) is 59.0 Å². The van der Waals surface area contributed by atoms with Crippen LogP contribution >= 0.6 is 0 Å². The van der Waals surface area contributed by atoms with Gasteiger partial charge in [0, 0.05) is 10.9 Å². The van der Waals surface area contributed by atoms with Crippen LogP contribution in [0.25, 0.3) is 21.9 Å². The van der Waals surface area contributed by atoms with Crippen molar-refractivity contribution in [2.75, 3.05) is 0 Å². The highest BCUT2D eigenvalue weighted by Crippen LogP contribution is 2.32. The molecular weight excluding hydrogens is 416 g/mol. The topological polar surface area (TPSA) is 9.23 Å². The van der Waals surface area contributed by atoms with Crippen LogP contribution in [0.15, 0.2) is 72.8 Å². The van der Waals surface area contributed by atoms with Crippen molar-refractivity contribution < 1.29 is 22.3 Å². The van der Waals surface area contributed by atoms with Gasteiger partial charge in [0.25, 0.3) is 0 Å². The van der Waals surface area contributed by atoms with Crippen LogP contribution in [0.4, 0.5) is 17.6 Å². The van der Waals surface area contributed by atoms with Crippen LogP contribution in [-0.2, 0) is 19.3 Å². The molecule has 0 N–H and O–H groups in total. The highest BCUT2D eigenvalue weighted by atomic mass is 19.3. The molecule has 4 rings (SSSR count). The van der Waals surface area contributed by atoms with Gasteiger partial charge in [-0.15, -0.1) is 0 Å². The molecule has 0 spiro atoms. The molecule has 32 heavy (non-hydrogen) atoms. The molecule has 0 radical (unpaired) electrons. The predicted molar refractivity (Wildman–Crippen MR) is 119 cm³/mol. The Hall–Kier alpha value is -3.34. The Balaban J connectivity index is 1.56. The molecular formula is C27H22F4O. The Labute approximate surface area is 184 Å². The fourth-order valence-electron chi connectivity index (χ4n) is 3.81. The quantitative estimate of drug-likeness (QED) is 0.268. The number of alkyl halides is 2. The maximum atomic E-state index is 15.2. The highest BCUT2D eigenvalue weighted by Gasteiger charge is 2.14. The molecule has 0 aromatic heterocycles. The zero-order chi connectivity index (χ0) is 22.7. The van der Waals surface area contributed by atoms with E-state index < -0.39 is 24.0 Å². The second-order valence-electron chi connectivity index (χ2n) is 7.68. The van der Waals surface area contributed by atoms with Crippen LogP contribution in [0.3, 0.4) is 0 Å². The average Bonchev–Trinajstić information content (AvgIpc) is 2.79. The van der Waals surface area contributed by atoms with E-state index in [1.54, 1.807) is 18.2 Å². The Morgan fingerprint density at radius 2 is 1.44 bits per heavy atom. The van der Waals surface area contributed by atoms with Crippen molar-refractivity contribution in [2.45, 2.75) is 32.8 Å². The summed E-state index contributed by atoms with van der Waals surface area (Å²) in [7, 11) is 0. The molecule has 0 amide bonds. The van der Waals surface area contributed by atoms with E-state index in [0.29, 0.717) is 5.39 Å². The van der Waals surface area contributed by atoms with Crippen molar-refractivity contribution in [1.29, 1.82) is 0 Å². The minimum Gasteiger partial charge on any atom is -0.432 e. The van der Waals surface area contributed by atoms with Crippen LogP contribution in [0.2, 0.25) is 0 Å². The summed E-state index contributed by atoms with van der Waals surface area (Å²) in [4.78, 5) is 0. The molecule has 4 aromatic rings. The lowest BCUT2D eigenvalue weighted by Gasteiger charge is -2.11. The molecule has 164 valence electrons. The van der Waals surface area contributed by atoms with Gasteiger partial charge in [0.15, 0.2) is 11.6 Å². The molecule has 0 aliphatic rings. The second kappa shape index (κ2) is 9.43. The monoisotopic (exact) mass is 438 g/mol. The van der Waals surface area contributed by atoms with Crippen molar-refractivity contribution in [3.05, 3.63) is 101 Å². The summed E-state index contributed by atoms with van der Waals surface area (Å²) < 4.78 is 58.0. The largest absolute Gasteiger partial charge is 0.432 e. The van der Waals surface area contributed by atoms with Crippen LogP contribution < -0.4 is 4.74 Å². The molecule has 0 saturated carbocycles. The van der Waals surface area contributed by atoms with E-state index in [1.165, 1.54) is 17.2 Å². The number of hydrogen-bond donors (Lipinski definition) is 0. The standard InChI is InChI=1S/C27H22F4O/c1-2-17-3-5-18(6-4-17)7-8-19-9-12-22-20(15-19)10-13-23(26(22)29)21-11-14-25(24(28)16-21)32-27(30)31/h3-6,9-16,27H,2,7-8H2,1H3. The second-order valence-corrected chi connectivity index (χ2v) is 7.68. The van der Waals surface area contributed by atoms with Gasteiger partial charge in [0.2, 0.25) is 0 Å². The Morgan fingerprint density at radius 1 is 0.750 bits per heavy atom. The van der Waals surface area contributed by atoms with Crippen LogP contribution in [0.5, 0.6) is 5.75 Å². The lowest BCUT2D eigenvalue weighted by molar-refractivity contribution is -0.0521. The van der Waals surface area contributed by atoms with Gasteiger partial charge < -0.3 is 4.74 Å². The summed E-state index contributed by atoms with van der Waals surface area (Å²) in [5.74, 6) is -2.02. The van der Waals surface area contributed by atoms with E-state index in [9.17, 15) is 13.2 Å². The van der Waals surface area contributed by atoms with Crippen molar-refractivity contribution in [3.8, 4) is 16.9 Å². The zero-order valence-corrected chi connectivity index (χ0v) is 17.5. The third-order valence-electron chi connectivity index (χ3n) is 5.61. The molecule has 0 aliphatic heterocycles. The lowest BCUT2D eigenvalue weighted by Crippen LogP contribution is -2.03. The number of hydrogen-bond acceptors (Lipinski definition) is 1. The van der Waals surface area contributed by atoms with E-state index in [2.05, 4.69) is 35.9 Å². The van der Waals surface area contributed by atoms with Crippen molar-refractivity contribution >= 4 is 10.8 Å². The molecule has 4 aromatic carbocycles. The van der Waals surface area contributed by atoms with Gasteiger partial charge in [-0.25, -0.2) is 8.78 Å². The molecule has 0 unspecified atom stereocenters. The van der Waals surface area contributed by atoms with E-state index in [4.69, 9.17) is 0 Å². The molecule has 0 atom stereocenters. The Kier molecular flexibility index (Phi) is 6.45. The molecule has 0 heterocycles. The minimum atomic E-state index is -3.13. The van der Waals surface area contributed by atoms with Gasteiger partial charge in [0.1, 0.15) is 5.82 Å². The van der Waals surface area contributed by atoms with E-state index >= 15 is 4.39 Å². The predicted octanol–water partition coefficient (Wildman–Crippen LogP) is 7.73. The third kappa shape index (κ3) is 4.77. The summed E-state index contributed by atoms with van der Waals surface area (Å²) in [6.07, 6.45) is 2.74. The summed E-state index contributed by atoms with van der Waals surface area (Å²) in [6.45, 7) is -1.00. The summed E-state index contributed by atoms with van der Waals surface area (Å²) in [5, 5.41) is 1.18. The molecule has 5 heteroatoms. The summed E-state index contributed by atoms with van der Waals surface area (Å²) >= 11 is 0. The van der Waals surface area contributed by atoms with Crippen LogP contribution in [-0.4, -0.2) is 6.61 Å². The Bertz CT molecular complexity index is 1230. The SMILES string of the molecule is CCc1ccc(CCc2ccc3c(F)c(-c4ccc(OC(F)F)c(F)c4)ccc3c2)cc1. The molecule has 0 fully saturated rings. The lowest BCUT2D eigenvalue weighted by atomic mass is 9.97. The van der Waals surface area contributed by atoms with Gasteiger partial charge >= 0.3 is 6.61 Å². The van der Waals surface area contributed by atoms with Gasteiger partial charge in [-0.1, -0.05) is 67.6 Å².